The van der Waals surface area contributed by atoms with Gasteiger partial charge in [0.1, 0.15) is 11.5 Å². The Morgan fingerprint density at radius 1 is 1.00 bits per heavy atom. The molecule has 0 aromatic heterocycles. The maximum Gasteiger partial charge on any atom is 0.133 e. The second-order valence-corrected chi connectivity index (χ2v) is 8.05. The Bertz CT molecular complexity index is 434. The lowest BCUT2D eigenvalue weighted by molar-refractivity contribution is 0.347. The van der Waals surface area contributed by atoms with Crippen LogP contribution in [0.4, 0.5) is 0 Å². The van der Waals surface area contributed by atoms with Crippen LogP contribution in [0.5, 0.6) is 11.5 Å². The molecule has 0 bridgehead atoms. The summed E-state index contributed by atoms with van der Waals surface area (Å²) in [7, 11) is 0.748. The minimum atomic E-state index is 0. The van der Waals surface area contributed by atoms with Crippen molar-refractivity contribution >= 4 is 26.3 Å². The molecule has 18 heavy (non-hydrogen) atoms. The standard InChI is InChI=1S/C14H19O2P.ClH/c1-14(2,3)17-13-11-9(4-6-15-11)8-10-5-7-16-12(10)13;/h8,17H,4-7H2,1-3H3;1H. The molecule has 0 saturated carbocycles. The Hall–Kier alpha value is -0.460. The van der Waals surface area contributed by atoms with E-state index in [0.717, 1.165) is 46.1 Å². The molecule has 1 aromatic rings. The average molecular weight is 287 g/mol. The van der Waals surface area contributed by atoms with Crippen LogP contribution in [-0.2, 0) is 12.8 Å². The van der Waals surface area contributed by atoms with Gasteiger partial charge < -0.3 is 9.47 Å². The molecule has 2 aliphatic heterocycles. The normalized spacial score (nSPS) is 17.1. The summed E-state index contributed by atoms with van der Waals surface area (Å²) in [5.74, 6) is 2.25. The molecular weight excluding hydrogens is 267 g/mol. The minimum absolute atomic E-state index is 0. The quantitative estimate of drug-likeness (QED) is 0.739. The number of fused-ring (bicyclic) bond motifs is 2. The van der Waals surface area contributed by atoms with Crippen molar-refractivity contribution in [2.75, 3.05) is 13.2 Å². The zero-order chi connectivity index (χ0) is 12.0. The van der Waals surface area contributed by atoms with Crippen LogP contribution in [0.1, 0.15) is 31.9 Å². The van der Waals surface area contributed by atoms with Crippen molar-refractivity contribution < 1.29 is 9.47 Å². The van der Waals surface area contributed by atoms with Crippen molar-refractivity contribution in [2.24, 2.45) is 0 Å². The summed E-state index contributed by atoms with van der Waals surface area (Å²) in [5.41, 5.74) is 2.78. The molecule has 2 aliphatic rings. The van der Waals surface area contributed by atoms with Gasteiger partial charge in [-0.15, -0.1) is 12.4 Å². The third-order valence-electron chi connectivity index (χ3n) is 3.12. The van der Waals surface area contributed by atoms with E-state index in [0.29, 0.717) is 5.16 Å². The third kappa shape index (κ3) is 2.46. The molecular formula is C14H20ClO2P. The van der Waals surface area contributed by atoms with Gasteiger partial charge in [0.05, 0.1) is 18.5 Å². The number of ether oxygens (including phenoxy) is 2. The van der Waals surface area contributed by atoms with Crippen LogP contribution in [0.2, 0.25) is 0 Å². The molecule has 1 unspecified atom stereocenters. The van der Waals surface area contributed by atoms with E-state index in [1.54, 1.807) is 0 Å². The van der Waals surface area contributed by atoms with E-state index >= 15 is 0 Å². The van der Waals surface area contributed by atoms with Crippen LogP contribution in [-0.4, -0.2) is 18.4 Å². The molecule has 1 atom stereocenters. The first-order valence-corrected chi connectivity index (χ1v) is 7.27. The molecule has 0 spiro atoms. The maximum atomic E-state index is 5.83. The second-order valence-electron chi connectivity index (χ2n) is 5.80. The Balaban J connectivity index is 0.00000120. The van der Waals surface area contributed by atoms with Gasteiger partial charge in [-0.3, -0.25) is 0 Å². The molecule has 1 aromatic carbocycles. The highest BCUT2D eigenvalue weighted by Crippen LogP contribution is 2.43. The number of hydrogen-bond donors (Lipinski definition) is 0. The van der Waals surface area contributed by atoms with E-state index in [1.807, 2.05) is 0 Å². The molecule has 0 saturated heterocycles. The Kier molecular flexibility index (Phi) is 3.80. The third-order valence-corrected chi connectivity index (χ3v) is 4.58. The van der Waals surface area contributed by atoms with Crippen LogP contribution in [0.3, 0.4) is 0 Å². The van der Waals surface area contributed by atoms with E-state index < -0.39 is 0 Å². The fraction of sp³-hybridized carbons (Fsp3) is 0.571. The summed E-state index contributed by atoms with van der Waals surface area (Å²) in [6, 6.07) is 2.29. The summed E-state index contributed by atoms with van der Waals surface area (Å²) in [6.07, 6.45) is 2.12. The summed E-state index contributed by atoms with van der Waals surface area (Å²) in [4.78, 5) is 0. The molecule has 2 heterocycles. The van der Waals surface area contributed by atoms with Crippen LogP contribution in [0.25, 0.3) is 0 Å². The van der Waals surface area contributed by atoms with Crippen LogP contribution in [0.15, 0.2) is 6.07 Å². The molecule has 2 nitrogen and oxygen atoms in total. The van der Waals surface area contributed by atoms with E-state index in [9.17, 15) is 0 Å². The smallest absolute Gasteiger partial charge is 0.133 e. The highest BCUT2D eigenvalue weighted by Gasteiger charge is 2.28. The molecule has 0 fully saturated rings. The van der Waals surface area contributed by atoms with Gasteiger partial charge >= 0.3 is 0 Å². The van der Waals surface area contributed by atoms with Crippen molar-refractivity contribution in [3.63, 3.8) is 0 Å². The zero-order valence-electron chi connectivity index (χ0n) is 11.1. The second kappa shape index (κ2) is 4.90. The number of rotatable bonds is 1. The first-order chi connectivity index (χ1) is 8.04. The molecule has 0 aliphatic carbocycles. The van der Waals surface area contributed by atoms with Crippen molar-refractivity contribution in [3.8, 4) is 11.5 Å². The largest absolute Gasteiger partial charge is 0.492 e. The van der Waals surface area contributed by atoms with Crippen LogP contribution in [0, 0.1) is 0 Å². The highest BCUT2D eigenvalue weighted by molar-refractivity contribution is 7.49. The van der Waals surface area contributed by atoms with E-state index in [2.05, 4.69) is 26.8 Å². The number of hydrogen-bond acceptors (Lipinski definition) is 2. The predicted molar refractivity (Wildman–Crippen MR) is 79.8 cm³/mol. The van der Waals surface area contributed by atoms with Gasteiger partial charge in [0.2, 0.25) is 0 Å². The summed E-state index contributed by atoms with van der Waals surface area (Å²) in [5, 5.41) is 1.63. The maximum absolute atomic E-state index is 5.83. The van der Waals surface area contributed by atoms with Crippen LogP contribution < -0.4 is 14.8 Å². The Morgan fingerprint density at radius 3 is 1.94 bits per heavy atom. The van der Waals surface area contributed by atoms with Gasteiger partial charge in [-0.1, -0.05) is 29.4 Å². The van der Waals surface area contributed by atoms with Crippen molar-refractivity contribution in [2.45, 2.75) is 38.8 Å². The molecule has 100 valence electrons. The van der Waals surface area contributed by atoms with Gasteiger partial charge in [-0.2, -0.15) is 0 Å². The van der Waals surface area contributed by atoms with Crippen molar-refractivity contribution in [1.29, 1.82) is 0 Å². The average Bonchev–Trinajstić information content (AvgIpc) is 2.82. The molecule has 0 amide bonds. The molecule has 4 heteroatoms. The van der Waals surface area contributed by atoms with E-state index in [-0.39, 0.29) is 12.4 Å². The van der Waals surface area contributed by atoms with Gasteiger partial charge in [0, 0.05) is 12.8 Å². The summed E-state index contributed by atoms with van der Waals surface area (Å²) < 4.78 is 11.7. The van der Waals surface area contributed by atoms with Gasteiger partial charge in [0.15, 0.2) is 0 Å². The monoisotopic (exact) mass is 286 g/mol. The Morgan fingerprint density at radius 2 is 1.50 bits per heavy atom. The van der Waals surface area contributed by atoms with E-state index in [4.69, 9.17) is 9.47 Å². The highest BCUT2D eigenvalue weighted by atomic mass is 35.5. The molecule has 0 radical (unpaired) electrons. The molecule has 0 N–H and O–H groups in total. The summed E-state index contributed by atoms with van der Waals surface area (Å²) >= 11 is 0. The lowest BCUT2D eigenvalue weighted by Gasteiger charge is -2.22. The van der Waals surface area contributed by atoms with Crippen LogP contribution >= 0.6 is 21.0 Å². The topological polar surface area (TPSA) is 18.5 Å². The number of benzene rings is 1. The predicted octanol–water partition coefficient (Wildman–Crippen LogP) is 3.08. The fourth-order valence-electron chi connectivity index (χ4n) is 2.48. The minimum Gasteiger partial charge on any atom is -0.492 e. The van der Waals surface area contributed by atoms with E-state index in [1.165, 1.54) is 16.4 Å². The van der Waals surface area contributed by atoms with Gasteiger partial charge in [-0.05, 0) is 22.3 Å². The van der Waals surface area contributed by atoms with Crippen molar-refractivity contribution in [1.82, 2.24) is 0 Å². The van der Waals surface area contributed by atoms with Gasteiger partial charge in [0.25, 0.3) is 0 Å². The zero-order valence-corrected chi connectivity index (χ0v) is 12.9. The Labute approximate surface area is 117 Å². The number of halogens is 1. The lowest BCUT2D eigenvalue weighted by atomic mass is 10.1. The van der Waals surface area contributed by atoms with Gasteiger partial charge in [-0.25, -0.2) is 0 Å². The summed E-state index contributed by atoms with van der Waals surface area (Å²) in [6.45, 7) is 8.50. The first kappa shape index (κ1) is 14.0. The lowest BCUT2D eigenvalue weighted by Crippen LogP contribution is -2.15. The SMILES string of the molecule is CC(C)(C)Pc1c2c(cc3c1OCC3)CCO2.Cl. The molecule has 3 rings (SSSR count). The fourth-order valence-corrected chi connectivity index (χ4v) is 3.92. The first-order valence-electron chi connectivity index (χ1n) is 6.27. The van der Waals surface area contributed by atoms with Crippen molar-refractivity contribution in [3.05, 3.63) is 17.2 Å².